The number of aromatic nitrogens is 2. The van der Waals surface area contributed by atoms with Gasteiger partial charge in [0.15, 0.2) is 0 Å². The van der Waals surface area contributed by atoms with Crippen LogP contribution >= 0.6 is 0 Å². The molecule has 1 aromatic carbocycles. The first-order valence-electron chi connectivity index (χ1n) is 7.37. The number of para-hydroxylation sites is 1. The van der Waals surface area contributed by atoms with E-state index in [2.05, 4.69) is 15.7 Å². The summed E-state index contributed by atoms with van der Waals surface area (Å²) >= 11 is 0. The number of hydrogen-bond acceptors (Lipinski definition) is 3. The van der Waals surface area contributed by atoms with Crippen molar-refractivity contribution in [3.05, 3.63) is 47.8 Å². The smallest absolute Gasteiger partial charge is 0.255 e. The van der Waals surface area contributed by atoms with E-state index in [1.807, 2.05) is 37.3 Å². The van der Waals surface area contributed by atoms with Gasteiger partial charge in [-0.05, 0) is 38.4 Å². The normalized spacial score (nSPS) is 18.4. The molecule has 2 N–H and O–H groups in total. The number of hydrogen-bond donors (Lipinski definition) is 2. The third kappa shape index (κ3) is 2.97. The summed E-state index contributed by atoms with van der Waals surface area (Å²) in [6.45, 7) is 3.81. The van der Waals surface area contributed by atoms with Crippen molar-refractivity contribution in [2.75, 3.05) is 13.1 Å². The summed E-state index contributed by atoms with van der Waals surface area (Å²) in [7, 11) is 0. The van der Waals surface area contributed by atoms with E-state index in [0.29, 0.717) is 5.56 Å². The van der Waals surface area contributed by atoms with Crippen LogP contribution in [-0.4, -0.2) is 34.8 Å². The molecule has 0 bridgehead atoms. The molecule has 0 radical (unpaired) electrons. The summed E-state index contributed by atoms with van der Waals surface area (Å²) in [4.78, 5) is 12.4. The summed E-state index contributed by atoms with van der Waals surface area (Å²) in [5, 5.41) is 10.7. The zero-order valence-corrected chi connectivity index (χ0v) is 12.2. The van der Waals surface area contributed by atoms with Gasteiger partial charge in [-0.2, -0.15) is 5.10 Å². The maximum Gasteiger partial charge on any atom is 0.255 e. The van der Waals surface area contributed by atoms with Gasteiger partial charge >= 0.3 is 0 Å². The molecule has 1 amide bonds. The second-order valence-corrected chi connectivity index (χ2v) is 5.41. The SMILES string of the molecule is Cc1c(C(=O)NC2CCCNC2)cnn1-c1ccccc1. The Labute approximate surface area is 124 Å². The Kier molecular flexibility index (Phi) is 4.01. The minimum atomic E-state index is -0.0385. The molecular weight excluding hydrogens is 264 g/mol. The van der Waals surface area contributed by atoms with Crippen molar-refractivity contribution < 1.29 is 4.79 Å². The average molecular weight is 284 g/mol. The van der Waals surface area contributed by atoms with Crippen molar-refractivity contribution in [2.45, 2.75) is 25.8 Å². The molecule has 0 spiro atoms. The Morgan fingerprint density at radius 2 is 2.19 bits per heavy atom. The van der Waals surface area contributed by atoms with Gasteiger partial charge in [-0.25, -0.2) is 4.68 Å². The number of carbonyl (C=O) groups is 1. The molecule has 1 saturated heterocycles. The van der Waals surface area contributed by atoms with Crippen LogP contribution in [0.2, 0.25) is 0 Å². The summed E-state index contributed by atoms with van der Waals surface area (Å²) in [5.74, 6) is -0.0385. The predicted molar refractivity (Wildman–Crippen MR) is 81.7 cm³/mol. The molecule has 2 heterocycles. The summed E-state index contributed by atoms with van der Waals surface area (Å²) in [5.41, 5.74) is 2.47. The van der Waals surface area contributed by atoms with E-state index in [-0.39, 0.29) is 11.9 Å². The molecule has 1 atom stereocenters. The van der Waals surface area contributed by atoms with E-state index >= 15 is 0 Å². The van der Waals surface area contributed by atoms with Crippen molar-refractivity contribution in [1.29, 1.82) is 0 Å². The Hall–Kier alpha value is -2.14. The fourth-order valence-electron chi connectivity index (χ4n) is 2.70. The summed E-state index contributed by atoms with van der Waals surface area (Å²) in [6, 6.07) is 10.1. The van der Waals surface area contributed by atoms with Gasteiger partial charge in [-0.1, -0.05) is 18.2 Å². The lowest BCUT2D eigenvalue weighted by molar-refractivity contribution is 0.0930. The quantitative estimate of drug-likeness (QED) is 0.901. The van der Waals surface area contributed by atoms with Crippen LogP contribution < -0.4 is 10.6 Å². The molecule has 1 aliphatic rings. The van der Waals surface area contributed by atoms with Crippen LogP contribution in [-0.2, 0) is 0 Å². The van der Waals surface area contributed by atoms with Crippen LogP contribution in [0.4, 0.5) is 0 Å². The third-order valence-electron chi connectivity index (χ3n) is 3.89. The van der Waals surface area contributed by atoms with Crippen LogP contribution in [0.15, 0.2) is 36.5 Å². The Balaban J connectivity index is 1.77. The fraction of sp³-hybridized carbons (Fsp3) is 0.375. The van der Waals surface area contributed by atoms with E-state index in [1.165, 1.54) is 0 Å². The van der Waals surface area contributed by atoms with Crippen LogP contribution in [0.5, 0.6) is 0 Å². The van der Waals surface area contributed by atoms with Gasteiger partial charge in [0.2, 0.25) is 0 Å². The molecule has 110 valence electrons. The summed E-state index contributed by atoms with van der Waals surface area (Å²) < 4.78 is 1.80. The molecule has 2 aromatic rings. The van der Waals surface area contributed by atoms with E-state index < -0.39 is 0 Å². The van der Waals surface area contributed by atoms with E-state index in [4.69, 9.17) is 0 Å². The monoisotopic (exact) mass is 284 g/mol. The number of carbonyl (C=O) groups excluding carboxylic acids is 1. The number of rotatable bonds is 3. The lowest BCUT2D eigenvalue weighted by atomic mass is 10.1. The highest BCUT2D eigenvalue weighted by molar-refractivity contribution is 5.95. The fourth-order valence-corrected chi connectivity index (χ4v) is 2.70. The zero-order chi connectivity index (χ0) is 14.7. The van der Waals surface area contributed by atoms with Gasteiger partial charge in [0.25, 0.3) is 5.91 Å². The molecule has 1 aromatic heterocycles. The predicted octanol–water partition coefficient (Wildman–Crippen LogP) is 1.66. The molecular formula is C16H20N4O. The lowest BCUT2D eigenvalue weighted by Crippen LogP contribution is -2.45. The van der Waals surface area contributed by atoms with Gasteiger partial charge < -0.3 is 10.6 Å². The van der Waals surface area contributed by atoms with E-state index in [1.54, 1.807) is 10.9 Å². The highest BCUT2D eigenvalue weighted by Crippen LogP contribution is 2.14. The molecule has 1 unspecified atom stereocenters. The van der Waals surface area contributed by atoms with Crippen LogP contribution in [0.25, 0.3) is 5.69 Å². The van der Waals surface area contributed by atoms with Gasteiger partial charge in [0, 0.05) is 12.6 Å². The third-order valence-corrected chi connectivity index (χ3v) is 3.89. The van der Waals surface area contributed by atoms with Crippen molar-refractivity contribution in [2.24, 2.45) is 0 Å². The van der Waals surface area contributed by atoms with Crippen molar-refractivity contribution in [3.63, 3.8) is 0 Å². The van der Waals surface area contributed by atoms with Gasteiger partial charge in [0.05, 0.1) is 23.1 Å². The standard InChI is InChI=1S/C16H20N4O/c1-12-15(16(21)19-13-6-5-9-17-10-13)11-18-20(12)14-7-3-2-4-8-14/h2-4,7-8,11,13,17H,5-6,9-10H2,1H3,(H,19,21). The van der Waals surface area contributed by atoms with E-state index in [9.17, 15) is 4.79 Å². The highest BCUT2D eigenvalue weighted by Gasteiger charge is 2.19. The lowest BCUT2D eigenvalue weighted by Gasteiger charge is -2.23. The number of nitrogens with zero attached hydrogens (tertiary/aromatic N) is 2. The first kappa shape index (κ1) is 13.8. The first-order chi connectivity index (χ1) is 10.3. The van der Waals surface area contributed by atoms with Crippen molar-refractivity contribution in [3.8, 4) is 5.69 Å². The van der Waals surface area contributed by atoms with Crippen molar-refractivity contribution in [1.82, 2.24) is 20.4 Å². The largest absolute Gasteiger partial charge is 0.348 e. The van der Waals surface area contributed by atoms with Crippen LogP contribution in [0.3, 0.4) is 0 Å². The van der Waals surface area contributed by atoms with E-state index in [0.717, 1.165) is 37.3 Å². The molecule has 5 heteroatoms. The van der Waals surface area contributed by atoms with Gasteiger partial charge in [-0.3, -0.25) is 4.79 Å². The molecule has 5 nitrogen and oxygen atoms in total. The molecule has 1 aliphatic heterocycles. The topological polar surface area (TPSA) is 59.0 Å². The Morgan fingerprint density at radius 3 is 2.90 bits per heavy atom. The number of piperidine rings is 1. The van der Waals surface area contributed by atoms with Crippen LogP contribution in [0, 0.1) is 6.92 Å². The average Bonchev–Trinajstić information content (AvgIpc) is 2.91. The molecule has 21 heavy (non-hydrogen) atoms. The molecule has 0 aliphatic carbocycles. The molecule has 0 saturated carbocycles. The maximum atomic E-state index is 12.4. The minimum absolute atomic E-state index is 0.0385. The zero-order valence-electron chi connectivity index (χ0n) is 12.2. The number of benzene rings is 1. The summed E-state index contributed by atoms with van der Waals surface area (Å²) in [6.07, 6.45) is 3.78. The second-order valence-electron chi connectivity index (χ2n) is 5.41. The van der Waals surface area contributed by atoms with Crippen LogP contribution in [0.1, 0.15) is 28.9 Å². The molecule has 3 rings (SSSR count). The maximum absolute atomic E-state index is 12.4. The Morgan fingerprint density at radius 1 is 1.38 bits per heavy atom. The second kappa shape index (κ2) is 6.10. The van der Waals surface area contributed by atoms with Gasteiger partial charge in [0.1, 0.15) is 0 Å². The number of amides is 1. The van der Waals surface area contributed by atoms with Crippen molar-refractivity contribution >= 4 is 5.91 Å². The highest BCUT2D eigenvalue weighted by atomic mass is 16.1. The Bertz CT molecular complexity index is 614. The minimum Gasteiger partial charge on any atom is -0.348 e. The molecule has 1 fully saturated rings. The van der Waals surface area contributed by atoms with Gasteiger partial charge in [-0.15, -0.1) is 0 Å². The number of nitrogens with one attached hydrogen (secondary N) is 2. The first-order valence-corrected chi connectivity index (χ1v) is 7.37.